The van der Waals surface area contributed by atoms with Gasteiger partial charge in [0.15, 0.2) is 0 Å². The van der Waals surface area contributed by atoms with Crippen molar-refractivity contribution >= 4 is 17.7 Å². The van der Waals surface area contributed by atoms with Gasteiger partial charge in [0.05, 0.1) is 0 Å². The maximum atomic E-state index is 13.6. The average molecular weight is 614 g/mol. The fourth-order valence-electron chi connectivity index (χ4n) is 2.13. The topological polar surface area (TPSA) is 69.7 Å². The van der Waals surface area contributed by atoms with Crippen LogP contribution in [0, 0.1) is 0 Å². The van der Waals surface area contributed by atoms with Gasteiger partial charge in [-0.2, -0.15) is 52.7 Å². The number of carbonyl (C=O) groups is 3. The zero-order valence-corrected chi connectivity index (χ0v) is 18.6. The molecule has 0 aliphatic heterocycles. The Hall–Kier alpha value is -2.77. The molecule has 0 saturated carbocycles. The summed E-state index contributed by atoms with van der Waals surface area (Å²) in [6.07, 6.45) is -17.2. The van der Waals surface area contributed by atoms with Crippen LogP contribution in [0.25, 0.3) is 0 Å². The Labute approximate surface area is 206 Å². The number of hydrogen-bond donors (Lipinski definition) is 0. The lowest BCUT2D eigenvalue weighted by Crippen LogP contribution is -2.61. The monoisotopic (exact) mass is 614 g/mol. The van der Waals surface area contributed by atoms with Crippen LogP contribution in [0.5, 0.6) is 0 Å². The minimum Gasteiger partial charge on any atom is -0.457 e. The van der Waals surface area contributed by atoms with Crippen molar-refractivity contribution in [1.82, 2.24) is 0 Å². The molecule has 5 nitrogen and oxygen atoms in total. The van der Waals surface area contributed by atoms with E-state index in [-0.39, 0.29) is 0 Å². The van der Waals surface area contributed by atoms with E-state index in [1.165, 1.54) is 0 Å². The van der Waals surface area contributed by atoms with Crippen LogP contribution >= 0.6 is 0 Å². The predicted octanol–water partition coefficient (Wildman–Crippen LogP) is 5.71. The SMILES string of the molecule is C=C(C)C(=O)OC(CCC(=O)C(F)(F)C(F)(F)C(F)(F)C(F)F)COC(=O)C(F)(F)C(F)(F)C(F)(F)C(F)F. The minimum atomic E-state index is -7.12. The second kappa shape index (κ2) is 11.8. The number of hydrogen-bond acceptors (Lipinski definition) is 5. The Morgan fingerprint density at radius 2 is 1.10 bits per heavy atom. The number of ketones is 1. The second-order valence-electron chi connectivity index (χ2n) is 7.51. The zero-order valence-electron chi connectivity index (χ0n) is 18.6. The van der Waals surface area contributed by atoms with Gasteiger partial charge in [0.1, 0.15) is 12.7 Å². The second-order valence-corrected chi connectivity index (χ2v) is 7.51. The van der Waals surface area contributed by atoms with E-state index in [0.717, 1.165) is 6.92 Å². The van der Waals surface area contributed by atoms with Gasteiger partial charge < -0.3 is 9.47 Å². The predicted molar refractivity (Wildman–Crippen MR) is 91.6 cm³/mol. The van der Waals surface area contributed by atoms with E-state index in [4.69, 9.17) is 0 Å². The minimum absolute atomic E-state index is 0.639. The normalized spacial score (nSPS) is 14.8. The highest BCUT2D eigenvalue weighted by Crippen LogP contribution is 2.50. The number of rotatable bonds is 15. The van der Waals surface area contributed by atoms with Crippen molar-refractivity contribution in [3.8, 4) is 0 Å². The summed E-state index contributed by atoms with van der Waals surface area (Å²) < 4.78 is 215. The van der Waals surface area contributed by atoms with E-state index < -0.39 is 97.2 Å². The average Bonchev–Trinajstić information content (AvgIpc) is 2.78. The number of halogens is 16. The molecule has 0 heterocycles. The van der Waals surface area contributed by atoms with Crippen LogP contribution in [0.4, 0.5) is 70.2 Å². The van der Waals surface area contributed by atoms with Gasteiger partial charge in [-0.25, -0.2) is 27.2 Å². The summed E-state index contributed by atoms with van der Waals surface area (Å²) in [5.41, 5.74) is -0.639. The van der Waals surface area contributed by atoms with E-state index in [1.807, 2.05) is 0 Å². The first-order valence-electron chi connectivity index (χ1n) is 9.54. The van der Waals surface area contributed by atoms with Crippen LogP contribution in [-0.2, 0) is 23.9 Å². The summed E-state index contributed by atoms with van der Waals surface area (Å²) in [7, 11) is 0. The molecule has 228 valence electrons. The van der Waals surface area contributed by atoms with Gasteiger partial charge in [-0.05, 0) is 13.3 Å². The molecule has 0 aromatic rings. The third kappa shape index (κ3) is 6.87. The quantitative estimate of drug-likeness (QED) is 0.134. The fourth-order valence-corrected chi connectivity index (χ4v) is 2.13. The molecule has 1 unspecified atom stereocenters. The third-order valence-electron chi connectivity index (χ3n) is 4.50. The number of Topliss-reactive ketones (excluding diaryl/α,β-unsaturated/α-hetero) is 1. The summed E-state index contributed by atoms with van der Waals surface area (Å²) in [6.45, 7) is 1.72. The van der Waals surface area contributed by atoms with Crippen molar-refractivity contribution in [3.05, 3.63) is 12.2 Å². The van der Waals surface area contributed by atoms with E-state index in [2.05, 4.69) is 16.1 Å². The Morgan fingerprint density at radius 3 is 1.46 bits per heavy atom. The van der Waals surface area contributed by atoms with Crippen LogP contribution in [0.15, 0.2) is 12.2 Å². The summed E-state index contributed by atoms with van der Waals surface area (Å²) in [4.78, 5) is 34.3. The summed E-state index contributed by atoms with van der Waals surface area (Å²) in [6, 6.07) is 0. The van der Waals surface area contributed by atoms with E-state index >= 15 is 0 Å². The number of alkyl halides is 16. The first-order chi connectivity index (χ1) is 17.1. The van der Waals surface area contributed by atoms with Gasteiger partial charge in [-0.3, -0.25) is 4.79 Å². The number of carbonyl (C=O) groups excluding carboxylic acids is 3. The molecular formula is C18H14F16O5. The van der Waals surface area contributed by atoms with Gasteiger partial charge in [-0.15, -0.1) is 0 Å². The highest BCUT2D eigenvalue weighted by molar-refractivity contribution is 5.88. The standard InChI is InChI=1S/C18H14F16O5/c1-6(2)9(36)39-7(3-4-8(35)13(23,24)17(31,32)14(25,26)10(19)20)5-38-12(37)16(29,30)18(33,34)15(27,28)11(21)22/h7,10-11H,1,3-5H2,2H3. The smallest absolute Gasteiger partial charge is 0.410 e. The Kier molecular flexibility index (Phi) is 10.9. The molecule has 0 aliphatic carbocycles. The van der Waals surface area contributed by atoms with Gasteiger partial charge in [0.2, 0.25) is 5.78 Å². The maximum absolute atomic E-state index is 13.6. The molecule has 0 aromatic carbocycles. The molecule has 0 radical (unpaired) electrons. The van der Waals surface area contributed by atoms with Gasteiger partial charge in [0.25, 0.3) is 0 Å². The van der Waals surface area contributed by atoms with Crippen LogP contribution in [0.1, 0.15) is 19.8 Å². The lowest BCUT2D eigenvalue weighted by Gasteiger charge is -2.31. The maximum Gasteiger partial charge on any atom is 0.410 e. The van der Waals surface area contributed by atoms with Gasteiger partial charge in [0, 0.05) is 12.0 Å². The zero-order chi connectivity index (χ0) is 31.6. The molecule has 39 heavy (non-hydrogen) atoms. The molecule has 0 N–H and O–H groups in total. The Bertz CT molecular complexity index is 870. The van der Waals surface area contributed by atoms with Crippen molar-refractivity contribution in [3.63, 3.8) is 0 Å². The van der Waals surface area contributed by atoms with Crippen LogP contribution in [0.2, 0.25) is 0 Å². The molecule has 0 aliphatic rings. The van der Waals surface area contributed by atoms with Crippen molar-refractivity contribution in [1.29, 1.82) is 0 Å². The molecule has 0 aromatic heterocycles. The first kappa shape index (κ1) is 36.2. The van der Waals surface area contributed by atoms with Crippen LogP contribution in [0.3, 0.4) is 0 Å². The molecule has 21 heteroatoms. The number of esters is 2. The van der Waals surface area contributed by atoms with Gasteiger partial charge >= 0.3 is 60.3 Å². The van der Waals surface area contributed by atoms with E-state index in [1.54, 1.807) is 0 Å². The molecule has 0 rings (SSSR count). The molecule has 0 fully saturated rings. The molecule has 0 amide bonds. The fraction of sp³-hybridized carbons (Fsp3) is 0.722. The molecule has 0 spiro atoms. The van der Waals surface area contributed by atoms with Crippen molar-refractivity contribution in [2.75, 3.05) is 6.61 Å². The van der Waals surface area contributed by atoms with Crippen molar-refractivity contribution in [2.45, 2.75) is 74.3 Å². The largest absolute Gasteiger partial charge is 0.457 e. The Morgan fingerprint density at radius 1 is 0.718 bits per heavy atom. The van der Waals surface area contributed by atoms with E-state index in [0.29, 0.717) is 0 Å². The van der Waals surface area contributed by atoms with Crippen molar-refractivity contribution < 1.29 is 94.1 Å². The lowest BCUT2D eigenvalue weighted by molar-refractivity contribution is -0.333. The van der Waals surface area contributed by atoms with Crippen molar-refractivity contribution in [2.24, 2.45) is 0 Å². The first-order valence-corrected chi connectivity index (χ1v) is 9.54. The number of ether oxygens (including phenoxy) is 2. The summed E-state index contributed by atoms with van der Waals surface area (Å²) in [5, 5.41) is 0. The van der Waals surface area contributed by atoms with Crippen LogP contribution in [-0.4, -0.2) is 78.8 Å². The Balaban J connectivity index is 5.87. The molecular weight excluding hydrogens is 600 g/mol. The molecule has 1 atom stereocenters. The highest BCUT2D eigenvalue weighted by atomic mass is 19.4. The molecule has 0 bridgehead atoms. The summed E-state index contributed by atoms with van der Waals surface area (Å²) in [5.74, 6) is -49.6. The lowest BCUT2D eigenvalue weighted by atomic mass is 9.97. The third-order valence-corrected chi connectivity index (χ3v) is 4.50. The summed E-state index contributed by atoms with van der Waals surface area (Å²) >= 11 is 0. The van der Waals surface area contributed by atoms with Crippen LogP contribution < -0.4 is 0 Å². The highest BCUT2D eigenvalue weighted by Gasteiger charge is 2.79. The van der Waals surface area contributed by atoms with Gasteiger partial charge in [-0.1, -0.05) is 6.58 Å². The molecule has 0 saturated heterocycles. The van der Waals surface area contributed by atoms with E-state index in [9.17, 15) is 84.6 Å².